The molecular formula is C17H24O2. The molecule has 1 aliphatic carbocycles. The van der Waals surface area contributed by atoms with Crippen molar-refractivity contribution in [3.05, 3.63) is 35.9 Å². The van der Waals surface area contributed by atoms with Gasteiger partial charge in [-0.15, -0.1) is 0 Å². The molecule has 1 aromatic rings. The maximum Gasteiger partial charge on any atom is 0.309 e. The largest absolute Gasteiger partial charge is 0.461 e. The minimum Gasteiger partial charge on any atom is -0.461 e. The molecule has 1 aromatic carbocycles. The van der Waals surface area contributed by atoms with Gasteiger partial charge in [-0.05, 0) is 30.2 Å². The van der Waals surface area contributed by atoms with Gasteiger partial charge in [-0.2, -0.15) is 0 Å². The molecule has 0 heterocycles. The zero-order valence-electron chi connectivity index (χ0n) is 12.0. The van der Waals surface area contributed by atoms with Crippen LogP contribution in [0, 0.1) is 11.3 Å². The molecule has 0 saturated heterocycles. The topological polar surface area (TPSA) is 26.3 Å². The molecule has 0 radical (unpaired) electrons. The fraction of sp³-hybridized carbons (Fsp3) is 0.588. The molecule has 0 aromatic heterocycles. The van der Waals surface area contributed by atoms with Crippen LogP contribution in [0.25, 0.3) is 0 Å². The summed E-state index contributed by atoms with van der Waals surface area (Å²) < 4.78 is 5.46. The third kappa shape index (κ3) is 3.37. The van der Waals surface area contributed by atoms with Crippen LogP contribution in [0.15, 0.2) is 30.3 Å². The Morgan fingerprint density at radius 2 is 1.84 bits per heavy atom. The fourth-order valence-electron chi connectivity index (χ4n) is 3.18. The summed E-state index contributed by atoms with van der Waals surface area (Å²) >= 11 is 0. The van der Waals surface area contributed by atoms with Crippen LogP contribution < -0.4 is 0 Å². The molecule has 0 N–H and O–H groups in total. The Bertz CT molecular complexity index is 405. The van der Waals surface area contributed by atoms with E-state index in [1.165, 1.54) is 0 Å². The van der Waals surface area contributed by atoms with E-state index < -0.39 is 0 Å². The predicted molar refractivity (Wildman–Crippen MR) is 76.6 cm³/mol. The first kappa shape index (κ1) is 14.1. The highest BCUT2D eigenvalue weighted by Gasteiger charge is 2.57. The molecule has 19 heavy (non-hydrogen) atoms. The van der Waals surface area contributed by atoms with Crippen molar-refractivity contribution in [2.45, 2.75) is 52.6 Å². The quantitative estimate of drug-likeness (QED) is 0.682. The van der Waals surface area contributed by atoms with Gasteiger partial charge in [0, 0.05) is 0 Å². The molecule has 1 atom stereocenters. The molecule has 2 nitrogen and oxygen atoms in total. The second-order valence-electron chi connectivity index (χ2n) is 5.71. The Morgan fingerprint density at radius 1 is 1.21 bits per heavy atom. The van der Waals surface area contributed by atoms with Crippen LogP contribution in [0.5, 0.6) is 0 Å². The fourth-order valence-corrected chi connectivity index (χ4v) is 3.18. The van der Waals surface area contributed by atoms with E-state index >= 15 is 0 Å². The Hall–Kier alpha value is -1.31. The van der Waals surface area contributed by atoms with Gasteiger partial charge in [0.15, 0.2) is 0 Å². The van der Waals surface area contributed by atoms with Gasteiger partial charge < -0.3 is 4.74 Å². The van der Waals surface area contributed by atoms with Crippen molar-refractivity contribution >= 4 is 5.97 Å². The summed E-state index contributed by atoms with van der Waals surface area (Å²) in [6.07, 6.45) is 5.66. The molecule has 1 unspecified atom stereocenters. The first-order chi connectivity index (χ1) is 9.22. The molecule has 0 bridgehead atoms. The SMILES string of the molecule is CCCC1(CCC)CC1C(=O)OCc1ccccc1. The molecule has 1 aliphatic rings. The minimum atomic E-state index is 0.00533. The van der Waals surface area contributed by atoms with Gasteiger partial charge in [0.1, 0.15) is 6.61 Å². The van der Waals surface area contributed by atoms with Crippen molar-refractivity contribution in [3.63, 3.8) is 0 Å². The summed E-state index contributed by atoms with van der Waals surface area (Å²) in [5.74, 6) is 0.155. The molecule has 2 heteroatoms. The molecule has 0 spiro atoms. The van der Waals surface area contributed by atoms with Gasteiger partial charge >= 0.3 is 5.97 Å². The second-order valence-corrected chi connectivity index (χ2v) is 5.71. The molecule has 1 fully saturated rings. The van der Waals surface area contributed by atoms with Crippen LogP contribution in [-0.4, -0.2) is 5.97 Å². The summed E-state index contributed by atoms with van der Waals surface area (Å²) in [7, 11) is 0. The van der Waals surface area contributed by atoms with Gasteiger partial charge in [0.25, 0.3) is 0 Å². The maximum absolute atomic E-state index is 12.1. The van der Waals surface area contributed by atoms with Gasteiger partial charge in [-0.3, -0.25) is 4.79 Å². The van der Waals surface area contributed by atoms with Crippen molar-refractivity contribution in [1.82, 2.24) is 0 Å². The summed E-state index contributed by atoms with van der Waals surface area (Å²) in [5, 5.41) is 0. The van der Waals surface area contributed by atoms with Crippen LogP contribution in [-0.2, 0) is 16.1 Å². The van der Waals surface area contributed by atoms with Gasteiger partial charge in [0.2, 0.25) is 0 Å². The van der Waals surface area contributed by atoms with E-state index in [9.17, 15) is 4.79 Å². The van der Waals surface area contributed by atoms with E-state index in [1.54, 1.807) is 0 Å². The Morgan fingerprint density at radius 3 is 2.42 bits per heavy atom. The minimum absolute atomic E-state index is 0.00533. The van der Waals surface area contributed by atoms with Crippen molar-refractivity contribution in [2.75, 3.05) is 0 Å². The van der Waals surface area contributed by atoms with E-state index in [4.69, 9.17) is 4.74 Å². The van der Waals surface area contributed by atoms with Crippen molar-refractivity contribution < 1.29 is 9.53 Å². The van der Waals surface area contributed by atoms with Crippen LogP contribution in [0.4, 0.5) is 0 Å². The van der Waals surface area contributed by atoms with Crippen LogP contribution >= 0.6 is 0 Å². The lowest BCUT2D eigenvalue weighted by atomic mass is 9.92. The van der Waals surface area contributed by atoms with Gasteiger partial charge in [-0.1, -0.05) is 57.0 Å². The summed E-state index contributed by atoms with van der Waals surface area (Å²) in [6, 6.07) is 9.90. The number of benzene rings is 1. The molecular weight excluding hydrogens is 236 g/mol. The van der Waals surface area contributed by atoms with Crippen molar-refractivity contribution in [3.8, 4) is 0 Å². The van der Waals surface area contributed by atoms with E-state index in [0.717, 1.165) is 37.7 Å². The Labute approximate surface area is 116 Å². The first-order valence-corrected chi connectivity index (χ1v) is 7.42. The summed E-state index contributed by atoms with van der Waals surface area (Å²) in [6.45, 7) is 4.80. The first-order valence-electron chi connectivity index (χ1n) is 7.42. The normalized spacial score (nSPS) is 20.0. The predicted octanol–water partition coefficient (Wildman–Crippen LogP) is 4.34. The second kappa shape index (κ2) is 6.23. The third-order valence-electron chi connectivity index (χ3n) is 4.19. The summed E-state index contributed by atoms with van der Waals surface area (Å²) in [4.78, 5) is 12.1. The highest BCUT2D eigenvalue weighted by molar-refractivity contribution is 5.77. The van der Waals surface area contributed by atoms with E-state index in [1.807, 2.05) is 30.3 Å². The van der Waals surface area contributed by atoms with E-state index in [0.29, 0.717) is 6.61 Å². The van der Waals surface area contributed by atoms with Crippen LogP contribution in [0.1, 0.15) is 51.5 Å². The molecule has 2 rings (SSSR count). The number of esters is 1. The standard InChI is InChI=1S/C17H24O2/c1-3-10-17(11-4-2)12-15(17)16(18)19-13-14-8-6-5-7-9-14/h5-9,15H,3-4,10-13H2,1-2H3. The average molecular weight is 260 g/mol. The number of rotatable bonds is 7. The van der Waals surface area contributed by atoms with E-state index in [-0.39, 0.29) is 17.3 Å². The Balaban J connectivity index is 1.84. The number of hydrogen-bond donors (Lipinski definition) is 0. The number of carbonyl (C=O) groups is 1. The Kier molecular flexibility index (Phi) is 4.62. The smallest absolute Gasteiger partial charge is 0.309 e. The zero-order valence-corrected chi connectivity index (χ0v) is 12.0. The molecule has 0 aliphatic heterocycles. The molecule has 104 valence electrons. The lowest BCUT2D eigenvalue weighted by Gasteiger charge is -2.15. The van der Waals surface area contributed by atoms with Crippen molar-refractivity contribution in [1.29, 1.82) is 0 Å². The van der Waals surface area contributed by atoms with Crippen LogP contribution in [0.2, 0.25) is 0 Å². The monoisotopic (exact) mass is 260 g/mol. The molecule has 1 saturated carbocycles. The average Bonchev–Trinajstić information content (AvgIpc) is 3.12. The summed E-state index contributed by atoms with van der Waals surface area (Å²) in [5.41, 5.74) is 1.32. The number of ether oxygens (including phenoxy) is 1. The highest BCUT2D eigenvalue weighted by atomic mass is 16.5. The van der Waals surface area contributed by atoms with Crippen molar-refractivity contribution in [2.24, 2.45) is 11.3 Å². The lowest BCUT2D eigenvalue weighted by Crippen LogP contribution is -2.14. The number of hydrogen-bond acceptors (Lipinski definition) is 2. The lowest BCUT2D eigenvalue weighted by molar-refractivity contribution is -0.147. The number of carbonyl (C=O) groups excluding carboxylic acids is 1. The highest BCUT2D eigenvalue weighted by Crippen LogP contribution is 2.59. The zero-order chi connectivity index (χ0) is 13.7. The van der Waals surface area contributed by atoms with E-state index in [2.05, 4.69) is 13.8 Å². The maximum atomic E-state index is 12.1. The van der Waals surface area contributed by atoms with Gasteiger partial charge in [0.05, 0.1) is 5.92 Å². The van der Waals surface area contributed by atoms with Gasteiger partial charge in [-0.25, -0.2) is 0 Å². The third-order valence-corrected chi connectivity index (χ3v) is 4.19. The van der Waals surface area contributed by atoms with Crippen LogP contribution in [0.3, 0.4) is 0 Å². The molecule has 0 amide bonds.